The van der Waals surface area contributed by atoms with Gasteiger partial charge < -0.3 is 14.5 Å². The van der Waals surface area contributed by atoms with E-state index in [2.05, 4.69) is 9.97 Å². The molecule has 23 heavy (non-hydrogen) atoms. The molecule has 0 unspecified atom stereocenters. The topological polar surface area (TPSA) is 47.1 Å². The smallest absolute Gasteiger partial charge is 0.166 e. The fourth-order valence-corrected chi connectivity index (χ4v) is 2.89. The summed E-state index contributed by atoms with van der Waals surface area (Å²) >= 11 is 1.66. The van der Waals surface area contributed by atoms with Gasteiger partial charge in [-0.05, 0) is 50.2 Å². The van der Waals surface area contributed by atoms with Crippen molar-refractivity contribution < 1.29 is 9.47 Å². The Morgan fingerprint density at radius 2 is 1.78 bits per heavy atom. The summed E-state index contributed by atoms with van der Waals surface area (Å²) in [5.41, 5.74) is 2.06. The molecule has 0 aliphatic heterocycles. The molecule has 0 fully saturated rings. The standard InChI is InChI=1S/C18H20N2O2S/c1-13(2)22-15-9-7-14(8-10-15)21-11-12-23-18-19-16-5-3-4-6-17(16)20-18/h3-10,13H,11-12H2,1-2H3,(H,19,20). The third-order valence-corrected chi connectivity index (χ3v) is 3.99. The van der Waals surface area contributed by atoms with Gasteiger partial charge in [0, 0.05) is 5.75 Å². The van der Waals surface area contributed by atoms with Crippen LogP contribution in [0.25, 0.3) is 11.0 Å². The Balaban J connectivity index is 1.46. The molecule has 1 N–H and O–H groups in total. The number of nitrogens with zero attached hydrogens (tertiary/aromatic N) is 1. The number of para-hydroxylation sites is 2. The molecular weight excluding hydrogens is 308 g/mol. The molecule has 0 aliphatic rings. The van der Waals surface area contributed by atoms with Crippen molar-refractivity contribution in [1.29, 1.82) is 0 Å². The first-order chi connectivity index (χ1) is 11.2. The number of thioether (sulfide) groups is 1. The van der Waals surface area contributed by atoms with E-state index in [1.165, 1.54) is 0 Å². The Morgan fingerprint density at radius 1 is 1.04 bits per heavy atom. The van der Waals surface area contributed by atoms with E-state index in [4.69, 9.17) is 9.47 Å². The molecule has 1 heterocycles. The van der Waals surface area contributed by atoms with Gasteiger partial charge in [-0.3, -0.25) is 0 Å². The highest BCUT2D eigenvalue weighted by Crippen LogP contribution is 2.21. The summed E-state index contributed by atoms with van der Waals surface area (Å²) in [6.45, 7) is 4.66. The largest absolute Gasteiger partial charge is 0.493 e. The van der Waals surface area contributed by atoms with Crippen molar-refractivity contribution in [3.8, 4) is 11.5 Å². The molecule has 2 aromatic carbocycles. The van der Waals surface area contributed by atoms with Gasteiger partial charge in [-0.2, -0.15) is 0 Å². The van der Waals surface area contributed by atoms with Gasteiger partial charge in [-0.25, -0.2) is 4.98 Å². The number of fused-ring (bicyclic) bond motifs is 1. The Hall–Kier alpha value is -2.14. The minimum Gasteiger partial charge on any atom is -0.493 e. The van der Waals surface area contributed by atoms with E-state index in [-0.39, 0.29) is 6.10 Å². The first-order valence-corrected chi connectivity index (χ1v) is 8.66. The van der Waals surface area contributed by atoms with E-state index >= 15 is 0 Å². The van der Waals surface area contributed by atoms with Gasteiger partial charge in [0.25, 0.3) is 0 Å². The molecule has 0 saturated heterocycles. The molecule has 0 bridgehead atoms. The van der Waals surface area contributed by atoms with Crippen LogP contribution < -0.4 is 9.47 Å². The zero-order valence-corrected chi connectivity index (χ0v) is 14.1. The van der Waals surface area contributed by atoms with Crippen LogP contribution in [-0.4, -0.2) is 28.4 Å². The van der Waals surface area contributed by atoms with E-state index in [0.717, 1.165) is 33.4 Å². The molecule has 0 atom stereocenters. The van der Waals surface area contributed by atoms with Crippen molar-refractivity contribution >= 4 is 22.8 Å². The van der Waals surface area contributed by atoms with Crippen molar-refractivity contribution in [1.82, 2.24) is 9.97 Å². The summed E-state index contributed by atoms with van der Waals surface area (Å²) in [6, 6.07) is 15.8. The monoisotopic (exact) mass is 328 g/mol. The number of hydrogen-bond donors (Lipinski definition) is 1. The minimum absolute atomic E-state index is 0.182. The van der Waals surface area contributed by atoms with Gasteiger partial charge in [-0.1, -0.05) is 23.9 Å². The number of imidazole rings is 1. The summed E-state index contributed by atoms with van der Waals surface area (Å²) in [5, 5.41) is 0.926. The lowest BCUT2D eigenvalue weighted by Gasteiger charge is -2.10. The molecule has 0 aliphatic carbocycles. The summed E-state index contributed by atoms with van der Waals surface area (Å²) in [5.74, 6) is 2.56. The van der Waals surface area contributed by atoms with E-state index in [1.807, 2.05) is 62.4 Å². The molecule has 3 aromatic rings. The zero-order valence-electron chi connectivity index (χ0n) is 13.3. The number of aromatic amines is 1. The average Bonchev–Trinajstić information content (AvgIpc) is 2.95. The third kappa shape index (κ3) is 4.42. The van der Waals surface area contributed by atoms with Crippen LogP contribution in [0.5, 0.6) is 11.5 Å². The number of H-pyrrole nitrogens is 1. The first-order valence-electron chi connectivity index (χ1n) is 7.68. The Labute approximate surface area is 140 Å². The maximum Gasteiger partial charge on any atom is 0.166 e. The highest BCUT2D eigenvalue weighted by atomic mass is 32.2. The van der Waals surface area contributed by atoms with Crippen LogP contribution in [0.2, 0.25) is 0 Å². The van der Waals surface area contributed by atoms with E-state index in [0.29, 0.717) is 6.61 Å². The molecule has 5 heteroatoms. The lowest BCUT2D eigenvalue weighted by Crippen LogP contribution is -2.05. The molecule has 0 amide bonds. The van der Waals surface area contributed by atoms with Crippen molar-refractivity contribution in [3.63, 3.8) is 0 Å². The minimum atomic E-state index is 0.182. The van der Waals surface area contributed by atoms with Gasteiger partial charge in [0.1, 0.15) is 11.5 Å². The molecule has 3 rings (SSSR count). The zero-order chi connectivity index (χ0) is 16.1. The van der Waals surface area contributed by atoms with Gasteiger partial charge in [0.05, 0.1) is 23.7 Å². The van der Waals surface area contributed by atoms with Crippen molar-refractivity contribution in [3.05, 3.63) is 48.5 Å². The second-order valence-corrected chi connectivity index (χ2v) is 6.48. The molecule has 0 spiro atoms. The number of ether oxygens (including phenoxy) is 2. The molecule has 120 valence electrons. The Kier molecular flexibility index (Phi) is 5.08. The fraction of sp³-hybridized carbons (Fsp3) is 0.278. The predicted octanol–water partition coefficient (Wildman–Crippen LogP) is 4.52. The summed E-state index contributed by atoms with van der Waals surface area (Å²) < 4.78 is 11.4. The highest BCUT2D eigenvalue weighted by molar-refractivity contribution is 7.99. The van der Waals surface area contributed by atoms with Crippen LogP contribution in [0.3, 0.4) is 0 Å². The van der Waals surface area contributed by atoms with Crippen LogP contribution in [0.4, 0.5) is 0 Å². The molecule has 1 aromatic heterocycles. The summed E-state index contributed by atoms with van der Waals surface area (Å²) in [6.07, 6.45) is 0.182. The number of benzene rings is 2. The lowest BCUT2D eigenvalue weighted by molar-refractivity contribution is 0.242. The van der Waals surface area contributed by atoms with E-state index in [9.17, 15) is 0 Å². The Morgan fingerprint density at radius 3 is 2.52 bits per heavy atom. The quantitative estimate of drug-likeness (QED) is 0.511. The van der Waals surface area contributed by atoms with E-state index in [1.54, 1.807) is 11.8 Å². The van der Waals surface area contributed by atoms with Crippen LogP contribution in [0, 0.1) is 0 Å². The summed E-state index contributed by atoms with van der Waals surface area (Å²) in [7, 11) is 0. The Bertz CT molecular complexity index is 720. The number of nitrogens with one attached hydrogen (secondary N) is 1. The number of hydrogen-bond acceptors (Lipinski definition) is 4. The first kappa shape index (κ1) is 15.7. The second-order valence-electron chi connectivity index (χ2n) is 5.39. The van der Waals surface area contributed by atoms with Gasteiger partial charge in [-0.15, -0.1) is 0 Å². The molecule has 0 radical (unpaired) electrons. The average molecular weight is 328 g/mol. The summed E-state index contributed by atoms with van der Waals surface area (Å²) in [4.78, 5) is 7.83. The van der Waals surface area contributed by atoms with Gasteiger partial charge in [0.2, 0.25) is 0 Å². The van der Waals surface area contributed by atoms with Crippen molar-refractivity contribution in [2.45, 2.75) is 25.1 Å². The van der Waals surface area contributed by atoms with Crippen LogP contribution in [0.15, 0.2) is 53.7 Å². The second kappa shape index (κ2) is 7.42. The van der Waals surface area contributed by atoms with Crippen LogP contribution in [0.1, 0.15) is 13.8 Å². The third-order valence-electron chi connectivity index (χ3n) is 3.15. The molecule has 4 nitrogen and oxygen atoms in total. The maximum absolute atomic E-state index is 5.74. The normalized spacial score (nSPS) is 11.1. The molecular formula is C18H20N2O2S. The van der Waals surface area contributed by atoms with Gasteiger partial charge >= 0.3 is 0 Å². The van der Waals surface area contributed by atoms with Crippen molar-refractivity contribution in [2.75, 3.05) is 12.4 Å². The SMILES string of the molecule is CC(C)Oc1ccc(OCCSc2nc3ccccc3[nH]2)cc1. The number of aromatic nitrogens is 2. The number of rotatable bonds is 7. The maximum atomic E-state index is 5.74. The van der Waals surface area contributed by atoms with Gasteiger partial charge in [0.15, 0.2) is 5.16 Å². The van der Waals surface area contributed by atoms with E-state index < -0.39 is 0 Å². The highest BCUT2D eigenvalue weighted by Gasteiger charge is 2.03. The predicted molar refractivity (Wildman–Crippen MR) is 94.5 cm³/mol. The molecule has 0 saturated carbocycles. The lowest BCUT2D eigenvalue weighted by atomic mass is 10.3. The van der Waals surface area contributed by atoms with Crippen LogP contribution >= 0.6 is 11.8 Å². The van der Waals surface area contributed by atoms with Crippen LogP contribution in [-0.2, 0) is 0 Å². The van der Waals surface area contributed by atoms with Crippen molar-refractivity contribution in [2.24, 2.45) is 0 Å². The fourth-order valence-electron chi connectivity index (χ4n) is 2.18.